The molecule has 2 heterocycles. The van der Waals surface area contributed by atoms with E-state index in [1.165, 1.54) is 5.56 Å². The van der Waals surface area contributed by atoms with Crippen molar-refractivity contribution in [3.63, 3.8) is 0 Å². The van der Waals surface area contributed by atoms with Gasteiger partial charge in [-0.05, 0) is 31.0 Å². The highest BCUT2D eigenvalue weighted by Gasteiger charge is 2.25. The van der Waals surface area contributed by atoms with Crippen LogP contribution in [0.25, 0.3) is 0 Å². The maximum absolute atomic E-state index is 12.5. The Labute approximate surface area is 149 Å². The van der Waals surface area contributed by atoms with Gasteiger partial charge >= 0.3 is 0 Å². The van der Waals surface area contributed by atoms with E-state index in [0.717, 1.165) is 50.7 Å². The monoisotopic (exact) mass is 341 g/mol. The fourth-order valence-electron chi connectivity index (χ4n) is 3.14. The lowest BCUT2D eigenvalue weighted by Gasteiger charge is -2.37. The average molecular weight is 341 g/mol. The van der Waals surface area contributed by atoms with Gasteiger partial charge in [0.1, 0.15) is 5.82 Å². The molecule has 134 valence electrons. The molecule has 1 aromatic carbocycles. The zero-order valence-corrected chi connectivity index (χ0v) is 15.0. The molecule has 0 radical (unpaired) electrons. The number of aryl methyl sites for hydroxylation is 1. The van der Waals surface area contributed by atoms with Gasteiger partial charge in [0.2, 0.25) is 5.91 Å². The second kappa shape index (κ2) is 8.27. The van der Waals surface area contributed by atoms with Crippen LogP contribution < -0.4 is 5.32 Å². The molecule has 1 saturated heterocycles. The Morgan fingerprint density at radius 3 is 2.56 bits per heavy atom. The number of nitrogens with one attached hydrogen (secondary N) is 2. The van der Waals surface area contributed by atoms with Crippen LogP contribution in [-0.4, -0.2) is 57.9 Å². The molecule has 0 bridgehead atoms. The number of aromatic nitrogens is 2. The number of rotatable bonds is 6. The zero-order valence-electron chi connectivity index (χ0n) is 15.0. The minimum atomic E-state index is -0.128. The van der Waals surface area contributed by atoms with Crippen molar-refractivity contribution in [1.29, 1.82) is 0 Å². The number of piperazine rings is 1. The van der Waals surface area contributed by atoms with Crippen molar-refractivity contribution < 1.29 is 4.79 Å². The minimum Gasteiger partial charge on any atom is -0.348 e. The highest BCUT2D eigenvalue weighted by Crippen LogP contribution is 2.13. The Morgan fingerprint density at radius 2 is 1.96 bits per heavy atom. The van der Waals surface area contributed by atoms with E-state index in [1.807, 2.05) is 25.3 Å². The molecule has 1 fully saturated rings. The smallest absolute Gasteiger partial charge is 0.241 e. The summed E-state index contributed by atoms with van der Waals surface area (Å²) in [6.07, 6.45) is 4.64. The predicted molar refractivity (Wildman–Crippen MR) is 99.3 cm³/mol. The van der Waals surface area contributed by atoms with Gasteiger partial charge in [-0.2, -0.15) is 0 Å². The summed E-state index contributed by atoms with van der Waals surface area (Å²) < 4.78 is 0. The van der Waals surface area contributed by atoms with Crippen LogP contribution in [-0.2, 0) is 17.8 Å². The second-order valence-corrected chi connectivity index (χ2v) is 6.56. The number of carbonyl (C=O) groups excluding carboxylic acids is 1. The van der Waals surface area contributed by atoms with Crippen LogP contribution in [0.5, 0.6) is 0 Å². The summed E-state index contributed by atoms with van der Waals surface area (Å²) in [4.78, 5) is 24.5. The van der Waals surface area contributed by atoms with Crippen LogP contribution in [0, 0.1) is 0 Å². The highest BCUT2D eigenvalue weighted by molar-refractivity contribution is 5.94. The predicted octanol–water partition coefficient (Wildman–Crippen LogP) is 2.12. The lowest BCUT2D eigenvalue weighted by Crippen LogP contribution is -2.52. The number of benzene rings is 1. The summed E-state index contributed by atoms with van der Waals surface area (Å²) >= 11 is 0. The number of anilines is 1. The third-order valence-electron chi connectivity index (χ3n) is 4.89. The van der Waals surface area contributed by atoms with Crippen LogP contribution >= 0.6 is 0 Å². The first kappa shape index (κ1) is 17.6. The second-order valence-electron chi connectivity index (χ2n) is 6.56. The van der Waals surface area contributed by atoms with Gasteiger partial charge in [0.05, 0.1) is 12.6 Å². The normalized spacial score (nSPS) is 17.4. The number of hydrogen-bond acceptors (Lipinski definition) is 4. The molecule has 0 saturated carbocycles. The van der Waals surface area contributed by atoms with Crippen LogP contribution in [0.15, 0.2) is 36.7 Å². The van der Waals surface area contributed by atoms with E-state index >= 15 is 0 Å². The molecule has 1 aliphatic heterocycles. The number of nitrogens with zero attached hydrogens (tertiary/aromatic N) is 3. The van der Waals surface area contributed by atoms with Crippen molar-refractivity contribution in [2.45, 2.75) is 32.9 Å². The third-order valence-corrected chi connectivity index (χ3v) is 4.89. The van der Waals surface area contributed by atoms with Gasteiger partial charge in [0.25, 0.3) is 0 Å². The zero-order chi connectivity index (χ0) is 17.6. The van der Waals surface area contributed by atoms with Crippen molar-refractivity contribution in [2.75, 3.05) is 31.5 Å². The Hall–Kier alpha value is -2.18. The van der Waals surface area contributed by atoms with Crippen molar-refractivity contribution in [2.24, 2.45) is 0 Å². The van der Waals surface area contributed by atoms with Gasteiger partial charge in [-0.15, -0.1) is 0 Å². The molecular formula is C19H27N5O. The van der Waals surface area contributed by atoms with Crippen molar-refractivity contribution in [3.05, 3.63) is 48.0 Å². The molecule has 6 heteroatoms. The van der Waals surface area contributed by atoms with E-state index < -0.39 is 0 Å². The maximum atomic E-state index is 12.5. The SMILES string of the molecule is CCc1ccc(NC(=O)[C@H](C)N2CCN(Cc3ncc[nH]3)CC2)cc1. The summed E-state index contributed by atoms with van der Waals surface area (Å²) in [7, 11) is 0. The Bertz CT molecular complexity index is 660. The average Bonchev–Trinajstić information content (AvgIpc) is 3.15. The quantitative estimate of drug-likeness (QED) is 0.845. The Balaban J connectivity index is 1.47. The van der Waals surface area contributed by atoms with Crippen LogP contribution in [0.4, 0.5) is 5.69 Å². The molecule has 1 aromatic heterocycles. The van der Waals surface area contributed by atoms with E-state index in [0.29, 0.717) is 0 Å². The first-order valence-corrected chi connectivity index (χ1v) is 9.00. The number of H-pyrrole nitrogens is 1. The fourth-order valence-corrected chi connectivity index (χ4v) is 3.14. The summed E-state index contributed by atoms with van der Waals surface area (Å²) in [5.74, 6) is 1.05. The number of imidazole rings is 1. The molecule has 3 rings (SSSR count). The number of amides is 1. The van der Waals surface area contributed by atoms with Gasteiger partial charge in [0.15, 0.2) is 0 Å². The first-order valence-electron chi connectivity index (χ1n) is 9.00. The van der Waals surface area contributed by atoms with Gasteiger partial charge in [-0.1, -0.05) is 19.1 Å². The van der Waals surface area contributed by atoms with Gasteiger partial charge in [-0.25, -0.2) is 4.98 Å². The number of aromatic amines is 1. The summed E-state index contributed by atoms with van der Waals surface area (Å²) in [5.41, 5.74) is 2.14. The van der Waals surface area contributed by atoms with E-state index in [-0.39, 0.29) is 11.9 Å². The lowest BCUT2D eigenvalue weighted by molar-refractivity contribution is -0.121. The first-order chi connectivity index (χ1) is 12.2. The molecule has 0 unspecified atom stereocenters. The maximum Gasteiger partial charge on any atom is 0.241 e. The van der Waals surface area contributed by atoms with E-state index in [1.54, 1.807) is 6.20 Å². The van der Waals surface area contributed by atoms with Crippen molar-refractivity contribution in [1.82, 2.24) is 19.8 Å². The van der Waals surface area contributed by atoms with E-state index in [2.05, 4.69) is 44.1 Å². The largest absolute Gasteiger partial charge is 0.348 e. The molecule has 1 atom stereocenters. The summed E-state index contributed by atoms with van der Waals surface area (Å²) in [6.45, 7) is 8.63. The summed E-state index contributed by atoms with van der Waals surface area (Å²) in [5, 5.41) is 3.03. The van der Waals surface area contributed by atoms with E-state index in [4.69, 9.17) is 0 Å². The molecule has 1 amide bonds. The minimum absolute atomic E-state index is 0.0590. The van der Waals surface area contributed by atoms with Crippen molar-refractivity contribution >= 4 is 11.6 Å². The highest BCUT2D eigenvalue weighted by atomic mass is 16.2. The molecule has 6 nitrogen and oxygen atoms in total. The lowest BCUT2D eigenvalue weighted by atomic mass is 10.1. The third kappa shape index (κ3) is 4.67. The standard InChI is InChI=1S/C19H27N5O/c1-3-16-4-6-17(7-5-16)22-19(25)15(2)24-12-10-23(11-13-24)14-18-20-8-9-21-18/h4-9,15H,3,10-14H2,1-2H3,(H,20,21)(H,22,25)/t15-/m0/s1. The molecule has 0 spiro atoms. The van der Waals surface area contributed by atoms with Gasteiger partial charge in [-0.3, -0.25) is 14.6 Å². The van der Waals surface area contributed by atoms with E-state index in [9.17, 15) is 4.79 Å². The number of hydrogen-bond donors (Lipinski definition) is 2. The molecular weight excluding hydrogens is 314 g/mol. The Kier molecular flexibility index (Phi) is 5.83. The topological polar surface area (TPSA) is 64.3 Å². The molecule has 2 aromatic rings. The molecule has 2 N–H and O–H groups in total. The van der Waals surface area contributed by atoms with Gasteiger partial charge in [0, 0.05) is 44.3 Å². The fraction of sp³-hybridized carbons (Fsp3) is 0.474. The number of carbonyl (C=O) groups is 1. The van der Waals surface area contributed by atoms with Crippen LogP contribution in [0.2, 0.25) is 0 Å². The van der Waals surface area contributed by atoms with Gasteiger partial charge < -0.3 is 10.3 Å². The van der Waals surface area contributed by atoms with Crippen LogP contribution in [0.1, 0.15) is 25.2 Å². The Morgan fingerprint density at radius 1 is 1.24 bits per heavy atom. The van der Waals surface area contributed by atoms with Crippen molar-refractivity contribution in [3.8, 4) is 0 Å². The molecule has 25 heavy (non-hydrogen) atoms. The molecule has 1 aliphatic rings. The van der Waals surface area contributed by atoms with Crippen LogP contribution in [0.3, 0.4) is 0 Å². The molecule has 0 aliphatic carbocycles. The summed E-state index contributed by atoms with van der Waals surface area (Å²) in [6, 6.07) is 7.95.